The molecule has 0 spiro atoms. The van der Waals surface area contributed by atoms with Crippen molar-refractivity contribution in [1.29, 1.82) is 0 Å². The highest BCUT2D eigenvalue weighted by molar-refractivity contribution is 7.97. The number of pyridine rings is 1. The summed E-state index contributed by atoms with van der Waals surface area (Å²) in [7, 11) is -4.37. The molecule has 1 aliphatic rings. The number of carbonyl (C=O) groups is 1. The van der Waals surface area contributed by atoms with Gasteiger partial charge in [0, 0.05) is 31.9 Å². The largest absolute Gasteiger partial charge is 0.481 e. The van der Waals surface area contributed by atoms with Gasteiger partial charge in [-0.2, -0.15) is 8.94 Å². The van der Waals surface area contributed by atoms with E-state index in [1.165, 1.54) is 26.9 Å². The molecule has 2 aromatic heterocycles. The number of aromatic nitrogens is 3. The fourth-order valence-electron chi connectivity index (χ4n) is 5.37. The summed E-state index contributed by atoms with van der Waals surface area (Å²) in [6, 6.07) is 5.91. The van der Waals surface area contributed by atoms with Crippen LogP contribution in [-0.4, -0.2) is 89.2 Å². The molecule has 0 saturated carbocycles. The van der Waals surface area contributed by atoms with Crippen LogP contribution in [0.3, 0.4) is 0 Å². The van der Waals surface area contributed by atoms with E-state index in [0.29, 0.717) is 48.6 Å². The summed E-state index contributed by atoms with van der Waals surface area (Å²) in [6.45, 7) is 12.8. The third kappa shape index (κ3) is 8.09. The number of halogens is 2. The Morgan fingerprint density at radius 3 is 2.46 bits per heavy atom. The predicted octanol–water partition coefficient (Wildman–Crippen LogP) is 5.06. The maximum Gasteiger partial charge on any atom is 0.307 e. The third-order valence-electron chi connectivity index (χ3n) is 7.65. The average Bonchev–Trinajstić information content (AvgIpc) is 3.34. The minimum Gasteiger partial charge on any atom is -0.481 e. The van der Waals surface area contributed by atoms with Crippen molar-refractivity contribution < 1.29 is 36.6 Å². The molecule has 0 bridgehead atoms. The number of aliphatic carboxylic acids is 1. The lowest BCUT2D eigenvalue weighted by Crippen LogP contribution is -2.40. The minimum atomic E-state index is -4.18. The van der Waals surface area contributed by atoms with E-state index < -0.39 is 38.2 Å². The summed E-state index contributed by atoms with van der Waals surface area (Å²) in [5, 5.41) is 13.3. The molecular formula is C30H41F2N5O6P2S. The van der Waals surface area contributed by atoms with Crippen molar-refractivity contribution in [2.75, 3.05) is 46.2 Å². The molecule has 16 heteroatoms. The molecule has 2 atom stereocenters. The molecule has 3 heterocycles. The summed E-state index contributed by atoms with van der Waals surface area (Å²) in [5.74, 6) is -2.36. The molecule has 4 rings (SSSR count). The van der Waals surface area contributed by atoms with Crippen LogP contribution in [0, 0.1) is 11.6 Å². The van der Waals surface area contributed by atoms with Crippen LogP contribution in [0.15, 0.2) is 35.5 Å². The van der Waals surface area contributed by atoms with Gasteiger partial charge in [0.15, 0.2) is 5.82 Å². The zero-order chi connectivity index (χ0) is 33.8. The molecule has 252 valence electrons. The number of carboxylic acids is 1. The number of ether oxygens (including phenoxy) is 2. The van der Waals surface area contributed by atoms with Crippen molar-refractivity contribution in [2.45, 2.75) is 57.1 Å². The Morgan fingerprint density at radius 2 is 1.85 bits per heavy atom. The number of carboxylic acid groups (broad SMARTS) is 1. The van der Waals surface area contributed by atoms with Gasteiger partial charge in [-0.1, -0.05) is 13.8 Å². The monoisotopic (exact) mass is 699 g/mol. The number of hydrogen-bond acceptors (Lipinski definition) is 8. The normalized spacial score (nSPS) is 15.3. The van der Waals surface area contributed by atoms with Gasteiger partial charge < -0.3 is 14.6 Å². The zero-order valence-electron chi connectivity index (χ0n) is 26.8. The fraction of sp³-hybridized carbons (Fsp3) is 0.500. The third-order valence-corrected chi connectivity index (χ3v) is 13.6. The lowest BCUT2D eigenvalue weighted by atomic mass is 9.88. The van der Waals surface area contributed by atoms with Gasteiger partial charge >= 0.3 is 5.97 Å². The summed E-state index contributed by atoms with van der Waals surface area (Å²) in [5.41, 5.74) is 1.13. The molecule has 2 unspecified atom stereocenters. The molecule has 1 saturated heterocycles. The average molecular weight is 700 g/mol. The quantitative estimate of drug-likeness (QED) is 0.230. The molecule has 1 aromatic carbocycles. The summed E-state index contributed by atoms with van der Waals surface area (Å²) in [4.78, 5) is 18.0. The van der Waals surface area contributed by atoms with Gasteiger partial charge in [0.25, 0.3) is 10.0 Å². The van der Waals surface area contributed by atoms with Gasteiger partial charge in [-0.25, -0.2) is 22.2 Å². The Bertz CT molecular complexity index is 1660. The van der Waals surface area contributed by atoms with Crippen LogP contribution in [0.2, 0.25) is 0 Å². The maximum atomic E-state index is 16.1. The molecule has 1 N–H and O–H groups in total. The van der Waals surface area contributed by atoms with Gasteiger partial charge in [0.1, 0.15) is 12.4 Å². The van der Waals surface area contributed by atoms with Crippen LogP contribution < -0.4 is 4.74 Å². The van der Waals surface area contributed by atoms with Crippen molar-refractivity contribution in [2.24, 2.45) is 0 Å². The fourth-order valence-corrected chi connectivity index (χ4v) is 9.41. The standard InChI is InChI=1S/C30H41F2N5O6P2S/c1-19(2)22-14-21(31)15-23(24(22)16-27(38)39)20-7-8-33-26(13-20)43-18-30(3,4)36-25(17-35-9-11-42-12-10-35)28(32)29(34-36)46(40,41)37(44-5)45-6/h7-8,13-15,19,44-45H,9-12,16-18H2,1-6H3,(H,38,39). The molecule has 1 aliphatic heterocycles. The van der Waals surface area contributed by atoms with Crippen LogP contribution in [0.5, 0.6) is 5.88 Å². The number of morpholine rings is 1. The van der Waals surface area contributed by atoms with Gasteiger partial charge in [-0.15, -0.1) is 0 Å². The van der Waals surface area contributed by atoms with E-state index in [4.69, 9.17) is 9.47 Å². The lowest BCUT2D eigenvalue weighted by molar-refractivity contribution is -0.136. The predicted molar refractivity (Wildman–Crippen MR) is 176 cm³/mol. The van der Waals surface area contributed by atoms with Crippen LogP contribution in [-0.2, 0) is 38.1 Å². The molecule has 0 amide bonds. The van der Waals surface area contributed by atoms with Gasteiger partial charge in [0.05, 0.1) is 30.9 Å². The van der Waals surface area contributed by atoms with E-state index in [1.807, 2.05) is 18.7 Å². The number of benzene rings is 1. The smallest absolute Gasteiger partial charge is 0.307 e. The molecule has 0 aliphatic carbocycles. The van der Waals surface area contributed by atoms with Crippen LogP contribution in [0.1, 0.15) is 50.4 Å². The van der Waals surface area contributed by atoms with Crippen molar-refractivity contribution >= 4 is 33.5 Å². The van der Waals surface area contributed by atoms with Gasteiger partial charge in [0.2, 0.25) is 10.9 Å². The summed E-state index contributed by atoms with van der Waals surface area (Å²) >= 11 is 0. The first-order valence-electron chi connectivity index (χ1n) is 14.8. The highest BCUT2D eigenvalue weighted by atomic mass is 32.2. The Morgan fingerprint density at radius 1 is 1.17 bits per heavy atom. The highest BCUT2D eigenvalue weighted by Crippen LogP contribution is 2.38. The first-order valence-corrected chi connectivity index (χ1v) is 19.1. The maximum absolute atomic E-state index is 16.1. The van der Waals surface area contributed by atoms with Crippen molar-refractivity contribution in [3.05, 3.63) is 58.9 Å². The second kappa shape index (κ2) is 15.1. The Labute approximate surface area is 272 Å². The summed E-state index contributed by atoms with van der Waals surface area (Å²) in [6.07, 6.45) is 1.20. The van der Waals surface area contributed by atoms with Gasteiger partial charge in [-0.05, 0) is 91.0 Å². The van der Waals surface area contributed by atoms with E-state index in [2.05, 4.69) is 10.1 Å². The second-order valence-electron chi connectivity index (χ2n) is 11.8. The first-order chi connectivity index (χ1) is 21.7. The number of sulfonamides is 1. The van der Waals surface area contributed by atoms with E-state index in [-0.39, 0.29) is 54.5 Å². The Kier molecular flexibility index (Phi) is 11.9. The molecule has 11 nitrogen and oxygen atoms in total. The number of rotatable bonds is 14. The molecule has 46 heavy (non-hydrogen) atoms. The van der Waals surface area contributed by atoms with E-state index in [1.54, 1.807) is 39.3 Å². The van der Waals surface area contributed by atoms with Crippen molar-refractivity contribution in [3.8, 4) is 17.0 Å². The summed E-state index contributed by atoms with van der Waals surface area (Å²) < 4.78 is 71.8. The first kappa shape index (κ1) is 36.2. The van der Waals surface area contributed by atoms with E-state index in [0.717, 1.165) is 0 Å². The zero-order valence-corrected chi connectivity index (χ0v) is 29.6. The van der Waals surface area contributed by atoms with Gasteiger partial charge in [-0.3, -0.25) is 14.4 Å². The van der Waals surface area contributed by atoms with E-state index in [9.17, 15) is 22.7 Å². The lowest BCUT2D eigenvalue weighted by Gasteiger charge is -2.30. The molecule has 3 aromatic rings. The number of nitrogens with zero attached hydrogens (tertiary/aromatic N) is 5. The van der Waals surface area contributed by atoms with Crippen LogP contribution in [0.4, 0.5) is 8.78 Å². The van der Waals surface area contributed by atoms with Crippen LogP contribution in [0.25, 0.3) is 11.1 Å². The number of hydrogen-bond donors (Lipinski definition) is 1. The Balaban J connectivity index is 1.70. The van der Waals surface area contributed by atoms with E-state index >= 15 is 4.39 Å². The molecule has 0 radical (unpaired) electrons. The van der Waals surface area contributed by atoms with Crippen molar-refractivity contribution in [3.63, 3.8) is 0 Å². The highest BCUT2D eigenvalue weighted by Gasteiger charge is 2.37. The van der Waals surface area contributed by atoms with Crippen molar-refractivity contribution in [1.82, 2.24) is 23.5 Å². The molecular weight excluding hydrogens is 658 g/mol. The van der Waals surface area contributed by atoms with Crippen LogP contribution >= 0.6 is 17.5 Å². The molecule has 1 fully saturated rings. The Hall–Kier alpha value is -2.60. The minimum absolute atomic E-state index is 0.0721. The second-order valence-corrected chi connectivity index (χ2v) is 16.4. The topological polar surface area (TPSA) is 127 Å². The SMILES string of the molecule is CPN(PC)S(=O)(=O)c1nn(C(C)(C)COc2cc(-c3cc(F)cc(C(C)C)c3CC(=O)O)ccn2)c(CN2CCOCC2)c1F.